The van der Waals surface area contributed by atoms with Gasteiger partial charge in [-0.1, -0.05) is 183 Å². The van der Waals surface area contributed by atoms with Gasteiger partial charge in [0.2, 0.25) is 0 Å². The van der Waals surface area contributed by atoms with E-state index >= 15 is 0 Å². The fourth-order valence-electron chi connectivity index (χ4n) is 7.19. The molecular formula is C55H96NO7+. The Morgan fingerprint density at radius 1 is 0.508 bits per heavy atom. The Balaban J connectivity index is 4.29. The number of allylic oxidation sites excluding steroid dienone is 12. The number of carbonyl (C=O) groups excluding carboxylic acids is 2. The van der Waals surface area contributed by atoms with E-state index < -0.39 is 18.1 Å². The van der Waals surface area contributed by atoms with Crippen LogP contribution in [0.25, 0.3) is 0 Å². The summed E-state index contributed by atoms with van der Waals surface area (Å²) in [6, 6.07) is -0.622. The van der Waals surface area contributed by atoms with Crippen LogP contribution in [0.4, 0.5) is 0 Å². The lowest BCUT2D eigenvalue weighted by Crippen LogP contribution is -2.50. The molecule has 0 spiro atoms. The smallest absolute Gasteiger partial charge is 0.362 e. The van der Waals surface area contributed by atoms with E-state index in [-0.39, 0.29) is 36.2 Å². The first-order chi connectivity index (χ1) is 30.6. The second-order valence-corrected chi connectivity index (χ2v) is 18.1. The maximum absolute atomic E-state index is 12.8. The number of rotatable bonds is 45. The molecular weight excluding hydrogens is 787 g/mol. The zero-order valence-corrected chi connectivity index (χ0v) is 41.3. The van der Waals surface area contributed by atoms with E-state index in [1.165, 1.54) is 96.3 Å². The molecule has 0 aliphatic rings. The molecule has 8 heteroatoms. The van der Waals surface area contributed by atoms with Crippen LogP contribution in [0.15, 0.2) is 72.9 Å². The number of hydrogen-bond donors (Lipinski definition) is 1. The Bertz CT molecular complexity index is 1260. The first-order valence-corrected chi connectivity index (χ1v) is 25.5. The molecule has 8 nitrogen and oxygen atoms in total. The summed E-state index contributed by atoms with van der Waals surface area (Å²) in [4.78, 5) is 37.2. The molecule has 0 rings (SSSR count). The summed E-state index contributed by atoms with van der Waals surface area (Å²) < 4.78 is 17.3. The molecule has 362 valence electrons. The average Bonchev–Trinajstić information content (AvgIpc) is 3.24. The zero-order chi connectivity index (χ0) is 46.3. The van der Waals surface area contributed by atoms with Crippen molar-refractivity contribution in [1.29, 1.82) is 0 Å². The summed E-state index contributed by atoms with van der Waals surface area (Å²) in [5, 5.41) is 9.65. The van der Waals surface area contributed by atoms with Gasteiger partial charge in [-0.05, 0) is 77.0 Å². The van der Waals surface area contributed by atoms with E-state index in [9.17, 15) is 19.5 Å². The summed E-state index contributed by atoms with van der Waals surface area (Å²) in [7, 11) is 5.52. The highest BCUT2D eigenvalue weighted by Crippen LogP contribution is 2.15. The molecule has 0 heterocycles. The Hall–Kier alpha value is -3.23. The van der Waals surface area contributed by atoms with Gasteiger partial charge in [0.15, 0.2) is 12.1 Å². The summed E-state index contributed by atoms with van der Waals surface area (Å²) in [6.45, 7) is 4.59. The van der Waals surface area contributed by atoms with E-state index in [1.807, 2.05) is 21.1 Å². The van der Waals surface area contributed by atoms with Gasteiger partial charge < -0.3 is 23.8 Å². The third kappa shape index (κ3) is 43.8. The van der Waals surface area contributed by atoms with Crippen molar-refractivity contribution in [2.45, 2.75) is 219 Å². The topological polar surface area (TPSA) is 99.1 Å². The van der Waals surface area contributed by atoms with Gasteiger partial charge in [0.1, 0.15) is 6.61 Å². The van der Waals surface area contributed by atoms with Crippen molar-refractivity contribution >= 4 is 17.9 Å². The van der Waals surface area contributed by atoms with E-state index in [0.717, 1.165) is 77.0 Å². The summed E-state index contributed by atoms with van der Waals surface area (Å²) in [5.41, 5.74) is 0. The van der Waals surface area contributed by atoms with Crippen LogP contribution in [0.1, 0.15) is 206 Å². The van der Waals surface area contributed by atoms with Gasteiger partial charge in [0.05, 0.1) is 34.4 Å². The molecule has 0 amide bonds. The number of carboxylic acids is 1. The van der Waals surface area contributed by atoms with Crippen molar-refractivity contribution in [2.75, 3.05) is 41.0 Å². The monoisotopic (exact) mass is 883 g/mol. The Kier molecular flexibility index (Phi) is 43.0. The molecule has 0 bridgehead atoms. The third-order valence-corrected chi connectivity index (χ3v) is 11.1. The molecule has 0 saturated carbocycles. The molecule has 0 aromatic rings. The first kappa shape index (κ1) is 59.8. The minimum absolute atomic E-state index is 0.0513. The summed E-state index contributed by atoms with van der Waals surface area (Å²) in [5.74, 6) is -1.49. The van der Waals surface area contributed by atoms with Crippen LogP contribution >= 0.6 is 0 Å². The molecule has 0 aliphatic carbocycles. The van der Waals surface area contributed by atoms with Gasteiger partial charge in [0, 0.05) is 19.3 Å². The number of carbonyl (C=O) groups is 3. The lowest BCUT2D eigenvalue weighted by atomic mass is 10.1. The Morgan fingerprint density at radius 3 is 1.41 bits per heavy atom. The maximum atomic E-state index is 12.8. The highest BCUT2D eigenvalue weighted by Gasteiger charge is 2.31. The predicted octanol–water partition coefficient (Wildman–Crippen LogP) is 14.7. The van der Waals surface area contributed by atoms with Crippen LogP contribution in [0.3, 0.4) is 0 Å². The van der Waals surface area contributed by atoms with Crippen molar-refractivity contribution < 1.29 is 38.2 Å². The number of ether oxygens (including phenoxy) is 3. The second kappa shape index (κ2) is 45.3. The minimum Gasteiger partial charge on any atom is -0.477 e. The van der Waals surface area contributed by atoms with Crippen molar-refractivity contribution in [3.05, 3.63) is 72.9 Å². The molecule has 1 N–H and O–H groups in total. The fraction of sp³-hybridized carbons (Fsp3) is 0.727. The van der Waals surface area contributed by atoms with Crippen LogP contribution in [0, 0.1) is 0 Å². The van der Waals surface area contributed by atoms with Gasteiger partial charge in [-0.25, -0.2) is 4.79 Å². The lowest BCUT2D eigenvalue weighted by Gasteiger charge is -2.31. The third-order valence-electron chi connectivity index (χ3n) is 11.1. The molecule has 63 heavy (non-hydrogen) atoms. The lowest BCUT2D eigenvalue weighted by molar-refractivity contribution is -0.887. The molecule has 0 radical (unpaired) electrons. The van der Waals surface area contributed by atoms with Crippen molar-refractivity contribution in [3.8, 4) is 0 Å². The van der Waals surface area contributed by atoms with Gasteiger partial charge in [-0.15, -0.1) is 0 Å². The molecule has 2 atom stereocenters. The van der Waals surface area contributed by atoms with Gasteiger partial charge in [-0.3, -0.25) is 9.59 Å². The zero-order valence-electron chi connectivity index (χ0n) is 41.3. The van der Waals surface area contributed by atoms with Crippen LogP contribution in [-0.4, -0.2) is 80.6 Å². The van der Waals surface area contributed by atoms with Crippen LogP contribution in [0.2, 0.25) is 0 Å². The number of nitrogens with zero attached hydrogens (tertiary/aromatic N) is 1. The van der Waals surface area contributed by atoms with Crippen LogP contribution in [0.5, 0.6) is 0 Å². The average molecular weight is 883 g/mol. The molecule has 0 fully saturated rings. The number of carboxylic acid groups (broad SMARTS) is 1. The Morgan fingerprint density at radius 2 is 0.937 bits per heavy atom. The van der Waals surface area contributed by atoms with Crippen molar-refractivity contribution in [1.82, 2.24) is 0 Å². The van der Waals surface area contributed by atoms with E-state index in [1.54, 1.807) is 0 Å². The molecule has 2 unspecified atom stereocenters. The predicted molar refractivity (Wildman–Crippen MR) is 266 cm³/mol. The molecule has 0 saturated heterocycles. The van der Waals surface area contributed by atoms with E-state index in [2.05, 4.69) is 86.8 Å². The Labute approximate surface area is 387 Å². The number of unbranched alkanes of at least 4 members (excludes halogenated alkanes) is 20. The highest BCUT2D eigenvalue weighted by atomic mass is 16.6. The SMILES string of the molecule is CC/C=C/C/C=C/C/C=C/C/C=C/CCCCCCCCC(=O)OC(COCCC(C(=O)O)[N+](C)(C)C)COC(=O)CCCCCCCCCCCC/C=C/C=C/CCCCCC. The molecule has 0 aromatic heterocycles. The fourth-order valence-corrected chi connectivity index (χ4v) is 7.19. The van der Waals surface area contributed by atoms with Crippen molar-refractivity contribution in [2.24, 2.45) is 0 Å². The molecule has 0 aliphatic heterocycles. The minimum atomic E-state index is -0.879. The number of esters is 2. The largest absolute Gasteiger partial charge is 0.477 e. The number of hydrogen-bond acceptors (Lipinski definition) is 6. The summed E-state index contributed by atoms with van der Waals surface area (Å²) in [6.07, 6.45) is 58.0. The quantitative estimate of drug-likeness (QED) is 0.0214. The van der Waals surface area contributed by atoms with Gasteiger partial charge in [-0.2, -0.15) is 0 Å². The van der Waals surface area contributed by atoms with Crippen LogP contribution < -0.4 is 0 Å². The van der Waals surface area contributed by atoms with E-state index in [0.29, 0.717) is 19.3 Å². The normalized spacial score (nSPS) is 13.5. The number of aliphatic carboxylic acids is 1. The first-order valence-electron chi connectivity index (χ1n) is 25.5. The van der Waals surface area contributed by atoms with Gasteiger partial charge >= 0.3 is 17.9 Å². The van der Waals surface area contributed by atoms with Gasteiger partial charge in [0.25, 0.3) is 0 Å². The highest BCUT2D eigenvalue weighted by molar-refractivity contribution is 5.72. The van der Waals surface area contributed by atoms with E-state index in [4.69, 9.17) is 14.2 Å². The maximum Gasteiger partial charge on any atom is 0.362 e. The second-order valence-electron chi connectivity index (χ2n) is 18.1. The molecule has 0 aromatic carbocycles. The number of quaternary nitrogens is 1. The van der Waals surface area contributed by atoms with Crippen LogP contribution in [-0.2, 0) is 28.6 Å². The number of likely N-dealkylation sites (N-methyl/N-ethyl adjacent to an activating group) is 1. The van der Waals surface area contributed by atoms with Crippen molar-refractivity contribution in [3.63, 3.8) is 0 Å². The standard InChI is InChI=1S/C55H95NO7/c1-6-8-10-12-14-16-18-20-22-24-26-28-29-31-33-35-37-39-41-43-45-53(57)62-50-51(49-61-48-47-52(55(59)60)56(3,4)5)63-54(58)46-44-42-40-38-36-34-32-30-27-25-23-21-19-17-15-13-11-9-7-2/h9,11,15-18,20-23,27,30,51-52H,6-8,10,12-14,19,24-26,28-29,31-50H2,1-5H3/p+1/b11-9+,17-15+,18-16+,22-20+,23-21+,30-27+. The summed E-state index contributed by atoms with van der Waals surface area (Å²) >= 11 is 0.